The topological polar surface area (TPSA) is 0 Å². The van der Waals surface area contributed by atoms with Crippen molar-refractivity contribution in [1.82, 2.24) is 0 Å². The molecule has 0 aromatic heterocycles. The normalized spacial score (nSPS) is 2.25. The molecule has 0 fully saturated rings. The number of hydrogen-bond acceptors (Lipinski definition) is 0. The molecular weight excluding hydrogens is 150 g/mol. The molecule has 8 heavy (non-hydrogen) atoms. The zero-order valence-electron chi connectivity index (χ0n) is 5.00. The van der Waals surface area contributed by atoms with Crippen LogP contribution < -0.4 is 103 Å². The summed E-state index contributed by atoms with van der Waals surface area (Å²) in [5.41, 5.74) is 0. The minimum Gasteiger partial charge on any atom is -0.360 e. The summed E-state index contributed by atoms with van der Waals surface area (Å²) in [6.07, 6.45) is 12.3. The van der Waals surface area contributed by atoms with Crippen molar-refractivity contribution >= 4 is 0 Å². The summed E-state index contributed by atoms with van der Waals surface area (Å²) in [4.78, 5) is 0. The van der Waals surface area contributed by atoms with Gasteiger partial charge in [-0.2, -0.15) is 0 Å². The smallest absolute Gasteiger partial charge is 0.360 e. The second-order valence-electron chi connectivity index (χ2n) is 0.500. The predicted octanol–water partition coefficient (Wildman–Crippen LogP) is -5.82. The van der Waals surface area contributed by atoms with Gasteiger partial charge in [0.2, 0.25) is 0 Å². The van der Waals surface area contributed by atoms with Gasteiger partial charge in [-0.05, 0) is 0 Å². The van der Waals surface area contributed by atoms with Gasteiger partial charge >= 0.3 is 103 Å². The summed E-state index contributed by atoms with van der Waals surface area (Å²) in [6, 6.07) is 0. The first-order chi connectivity index (χ1) is 2.91. The van der Waals surface area contributed by atoms with Gasteiger partial charge in [-0.15, -0.1) is 0 Å². The second-order valence-corrected chi connectivity index (χ2v) is 0.500. The van der Waals surface area contributed by atoms with Crippen molar-refractivity contribution in [2.75, 3.05) is 0 Å². The van der Waals surface area contributed by atoms with E-state index in [1.807, 2.05) is 0 Å². The zero-order valence-corrected chi connectivity index (χ0v) is 11.2. The fourth-order valence-electron chi connectivity index (χ4n) is 0.0625. The first kappa shape index (κ1) is 16.5. The largest absolute Gasteiger partial charge is 1.00 e. The summed E-state index contributed by atoms with van der Waals surface area (Å²) < 4.78 is 0. The predicted molar refractivity (Wildman–Crippen MR) is 22.0 cm³/mol. The van der Waals surface area contributed by atoms with Gasteiger partial charge in [0.1, 0.15) is 0 Å². The average molecular weight is 150 g/mol. The van der Waals surface area contributed by atoms with Crippen LogP contribution in [0.25, 0.3) is 0 Å². The molecule has 0 aliphatic rings. The SMILES string of the molecule is [C-]#CC#CC#[C-].[K+].[K+]. The van der Waals surface area contributed by atoms with Crippen molar-refractivity contribution in [3.05, 3.63) is 12.8 Å². The molecule has 0 aliphatic carbocycles. The van der Waals surface area contributed by atoms with Crippen molar-refractivity contribution in [2.24, 2.45) is 0 Å². The van der Waals surface area contributed by atoms with E-state index < -0.39 is 0 Å². The molecule has 0 saturated heterocycles. The average Bonchev–Trinajstić information content (AvgIpc) is 1.61. The Morgan fingerprint density at radius 1 is 0.750 bits per heavy atom. The Kier molecular flexibility index (Phi) is 33.0. The standard InChI is InChI=1S/C6.2K/c1-3-5-6-4-2;;/q-2;2*+1. The molecular formula is C6K2. The summed E-state index contributed by atoms with van der Waals surface area (Å²) in [7, 11) is 0. The van der Waals surface area contributed by atoms with E-state index >= 15 is 0 Å². The molecule has 0 nitrogen and oxygen atoms in total. The maximum absolute atomic E-state index is 6.16. The molecule has 0 N–H and O–H groups in total. The van der Waals surface area contributed by atoms with Crippen LogP contribution >= 0.6 is 0 Å². The Hall–Kier alpha value is 1.95. The van der Waals surface area contributed by atoms with E-state index in [1.165, 1.54) is 0 Å². The first-order valence-corrected chi connectivity index (χ1v) is 1.25. The molecule has 0 spiro atoms. The molecule has 0 atom stereocenters. The zero-order chi connectivity index (χ0) is 4.83. The van der Waals surface area contributed by atoms with E-state index in [0.717, 1.165) is 0 Å². The Labute approximate surface area is 135 Å². The van der Waals surface area contributed by atoms with Gasteiger partial charge in [0, 0.05) is 0 Å². The van der Waals surface area contributed by atoms with Crippen molar-refractivity contribution in [3.8, 4) is 23.7 Å². The molecule has 0 saturated carbocycles. The molecule has 2 heteroatoms. The van der Waals surface area contributed by atoms with Crippen LogP contribution in [-0.2, 0) is 0 Å². The molecule has 0 radical (unpaired) electrons. The van der Waals surface area contributed by atoms with Gasteiger partial charge in [-0.3, -0.25) is 11.8 Å². The maximum atomic E-state index is 6.16. The molecule has 0 aliphatic heterocycles. The summed E-state index contributed by atoms with van der Waals surface area (Å²) in [6.45, 7) is 0. The summed E-state index contributed by atoms with van der Waals surface area (Å²) >= 11 is 0. The van der Waals surface area contributed by atoms with E-state index in [9.17, 15) is 0 Å². The third-order valence-electron chi connectivity index (χ3n) is 0.188. The van der Waals surface area contributed by atoms with Crippen molar-refractivity contribution in [1.29, 1.82) is 0 Å². The molecule has 26 valence electrons. The molecule has 0 aromatic carbocycles. The van der Waals surface area contributed by atoms with E-state index in [0.29, 0.717) is 0 Å². The van der Waals surface area contributed by atoms with E-state index in [1.54, 1.807) is 11.8 Å². The van der Waals surface area contributed by atoms with E-state index in [2.05, 4.69) is 11.8 Å². The van der Waals surface area contributed by atoms with Gasteiger partial charge in [0.05, 0.1) is 0 Å². The molecule has 0 amide bonds. The number of hydrogen-bond donors (Lipinski definition) is 0. The van der Waals surface area contributed by atoms with Crippen LogP contribution in [0.3, 0.4) is 0 Å². The van der Waals surface area contributed by atoms with Crippen LogP contribution in [0.5, 0.6) is 0 Å². The van der Waals surface area contributed by atoms with Crippen molar-refractivity contribution in [2.45, 2.75) is 0 Å². The fraction of sp³-hybridized carbons (Fsp3) is 0. The molecule has 0 aromatic rings. The molecule has 0 rings (SSSR count). The molecule has 0 heterocycles. The summed E-state index contributed by atoms with van der Waals surface area (Å²) in [5, 5.41) is 0. The maximum Gasteiger partial charge on any atom is 1.00 e. The Morgan fingerprint density at radius 2 is 1.00 bits per heavy atom. The van der Waals surface area contributed by atoms with E-state index in [4.69, 9.17) is 12.8 Å². The molecule has 0 unspecified atom stereocenters. The van der Waals surface area contributed by atoms with Crippen LogP contribution in [-0.4, -0.2) is 0 Å². The minimum absolute atomic E-state index is 0. The monoisotopic (exact) mass is 150 g/mol. The van der Waals surface area contributed by atoms with Crippen LogP contribution in [0.4, 0.5) is 0 Å². The Balaban J connectivity index is -0.000000125. The van der Waals surface area contributed by atoms with Gasteiger partial charge in [-0.25, -0.2) is 0 Å². The van der Waals surface area contributed by atoms with Gasteiger partial charge < -0.3 is 24.7 Å². The third-order valence-corrected chi connectivity index (χ3v) is 0.188. The second kappa shape index (κ2) is 16.0. The summed E-state index contributed by atoms with van der Waals surface area (Å²) in [5.74, 6) is 7.68. The van der Waals surface area contributed by atoms with Crippen LogP contribution in [0.1, 0.15) is 0 Å². The van der Waals surface area contributed by atoms with Crippen molar-refractivity contribution < 1.29 is 103 Å². The van der Waals surface area contributed by atoms with Gasteiger partial charge in [0.25, 0.3) is 0 Å². The van der Waals surface area contributed by atoms with Crippen LogP contribution in [0, 0.1) is 36.5 Å². The van der Waals surface area contributed by atoms with Gasteiger partial charge in [0.15, 0.2) is 0 Å². The first-order valence-electron chi connectivity index (χ1n) is 1.25. The number of rotatable bonds is 0. The van der Waals surface area contributed by atoms with Crippen molar-refractivity contribution in [3.63, 3.8) is 0 Å². The Morgan fingerprint density at radius 3 is 1.12 bits per heavy atom. The van der Waals surface area contributed by atoms with Crippen LogP contribution in [0.2, 0.25) is 0 Å². The Bertz CT molecular complexity index is 140. The minimum atomic E-state index is 0. The van der Waals surface area contributed by atoms with Gasteiger partial charge in [-0.1, -0.05) is 0 Å². The fourth-order valence-corrected chi connectivity index (χ4v) is 0.0625. The third kappa shape index (κ3) is 15.7. The van der Waals surface area contributed by atoms with Crippen LogP contribution in [0.15, 0.2) is 0 Å². The molecule has 0 bridgehead atoms. The van der Waals surface area contributed by atoms with E-state index in [-0.39, 0.29) is 103 Å². The quantitative estimate of drug-likeness (QED) is 0.183.